The Morgan fingerprint density at radius 1 is 1.67 bits per heavy atom. The Kier molecular flexibility index (Phi) is 3.22. The SMILES string of the molecule is COC(=O)CCN1CCC(=O)C1. The molecule has 1 fully saturated rings. The number of rotatable bonds is 3. The van der Waals surface area contributed by atoms with Gasteiger partial charge >= 0.3 is 5.97 Å². The molecule has 0 aromatic carbocycles. The van der Waals surface area contributed by atoms with E-state index in [2.05, 4.69) is 4.74 Å². The van der Waals surface area contributed by atoms with Crippen LogP contribution in [0.3, 0.4) is 0 Å². The molecule has 0 amide bonds. The maximum Gasteiger partial charge on any atom is 0.306 e. The maximum absolute atomic E-state index is 10.8. The number of hydrogen-bond donors (Lipinski definition) is 0. The number of ketones is 1. The highest BCUT2D eigenvalue weighted by atomic mass is 16.5. The molecule has 4 nitrogen and oxygen atoms in total. The molecule has 1 heterocycles. The fourth-order valence-corrected chi connectivity index (χ4v) is 1.23. The van der Waals surface area contributed by atoms with E-state index in [9.17, 15) is 9.59 Å². The second-order valence-corrected chi connectivity index (χ2v) is 2.89. The third kappa shape index (κ3) is 2.62. The van der Waals surface area contributed by atoms with Crippen LogP contribution in [-0.4, -0.2) is 43.4 Å². The maximum atomic E-state index is 10.8. The molecule has 0 spiro atoms. The zero-order chi connectivity index (χ0) is 8.97. The first kappa shape index (κ1) is 9.19. The Balaban J connectivity index is 2.16. The normalized spacial score (nSPS) is 18.2. The highest BCUT2D eigenvalue weighted by Gasteiger charge is 2.19. The number of likely N-dealkylation sites (tertiary alicyclic amines) is 1. The van der Waals surface area contributed by atoms with Gasteiger partial charge in [-0.05, 0) is 0 Å². The number of carbonyl (C=O) groups excluding carboxylic acids is 2. The summed E-state index contributed by atoms with van der Waals surface area (Å²) in [4.78, 5) is 23.5. The zero-order valence-electron chi connectivity index (χ0n) is 7.21. The minimum atomic E-state index is -0.214. The molecule has 68 valence electrons. The van der Waals surface area contributed by atoms with Gasteiger partial charge in [-0.2, -0.15) is 0 Å². The minimum absolute atomic E-state index is 0.214. The van der Waals surface area contributed by atoms with Crippen molar-refractivity contribution in [2.24, 2.45) is 0 Å². The number of nitrogens with zero attached hydrogens (tertiary/aromatic N) is 1. The van der Waals surface area contributed by atoms with Crippen LogP contribution in [0, 0.1) is 0 Å². The van der Waals surface area contributed by atoms with Crippen LogP contribution in [0.1, 0.15) is 12.8 Å². The van der Waals surface area contributed by atoms with Gasteiger partial charge in [0.05, 0.1) is 20.1 Å². The monoisotopic (exact) mass is 171 g/mol. The van der Waals surface area contributed by atoms with Gasteiger partial charge in [0.2, 0.25) is 0 Å². The summed E-state index contributed by atoms with van der Waals surface area (Å²) in [5.41, 5.74) is 0. The molecule has 4 heteroatoms. The molecule has 12 heavy (non-hydrogen) atoms. The molecular formula is C8H13NO3. The number of esters is 1. The third-order valence-corrected chi connectivity index (χ3v) is 1.97. The lowest BCUT2D eigenvalue weighted by molar-refractivity contribution is -0.141. The first-order valence-corrected chi connectivity index (χ1v) is 4.03. The van der Waals surface area contributed by atoms with Crippen molar-refractivity contribution in [3.63, 3.8) is 0 Å². The minimum Gasteiger partial charge on any atom is -0.469 e. The molecule has 0 unspecified atom stereocenters. The third-order valence-electron chi connectivity index (χ3n) is 1.97. The summed E-state index contributed by atoms with van der Waals surface area (Å²) in [6.45, 7) is 1.92. The zero-order valence-corrected chi connectivity index (χ0v) is 7.21. The predicted octanol–water partition coefficient (Wildman–Crippen LogP) is -0.176. The van der Waals surface area contributed by atoms with E-state index in [1.807, 2.05) is 4.90 Å². The van der Waals surface area contributed by atoms with Crippen LogP contribution in [-0.2, 0) is 14.3 Å². The lowest BCUT2D eigenvalue weighted by atomic mass is 10.4. The smallest absolute Gasteiger partial charge is 0.306 e. The van der Waals surface area contributed by atoms with Gasteiger partial charge < -0.3 is 4.74 Å². The molecule has 1 aliphatic heterocycles. The lowest BCUT2D eigenvalue weighted by Gasteiger charge is -2.11. The summed E-state index contributed by atoms with van der Waals surface area (Å²) in [6.07, 6.45) is 1.00. The molecule has 1 saturated heterocycles. The van der Waals surface area contributed by atoms with Crippen LogP contribution in [0.2, 0.25) is 0 Å². The Morgan fingerprint density at radius 3 is 2.92 bits per heavy atom. The van der Waals surface area contributed by atoms with E-state index < -0.39 is 0 Å². The average molecular weight is 171 g/mol. The largest absolute Gasteiger partial charge is 0.469 e. The van der Waals surface area contributed by atoms with Gasteiger partial charge in [0.15, 0.2) is 0 Å². The molecule has 1 rings (SSSR count). The molecule has 0 atom stereocenters. The summed E-state index contributed by atoms with van der Waals surface area (Å²) < 4.78 is 4.49. The second-order valence-electron chi connectivity index (χ2n) is 2.89. The number of hydrogen-bond acceptors (Lipinski definition) is 4. The van der Waals surface area contributed by atoms with Crippen molar-refractivity contribution in [3.8, 4) is 0 Å². The molecule has 0 aromatic rings. The van der Waals surface area contributed by atoms with E-state index in [0.29, 0.717) is 25.9 Å². The Morgan fingerprint density at radius 2 is 2.42 bits per heavy atom. The van der Waals surface area contributed by atoms with Crippen molar-refractivity contribution in [3.05, 3.63) is 0 Å². The summed E-state index contributed by atoms with van der Waals surface area (Å²) in [7, 11) is 1.37. The van der Waals surface area contributed by atoms with Crippen LogP contribution >= 0.6 is 0 Å². The van der Waals surface area contributed by atoms with Crippen molar-refractivity contribution in [1.29, 1.82) is 0 Å². The summed E-state index contributed by atoms with van der Waals surface area (Å²) in [6, 6.07) is 0. The van der Waals surface area contributed by atoms with Gasteiger partial charge in [0, 0.05) is 19.5 Å². The van der Waals surface area contributed by atoms with E-state index in [0.717, 1.165) is 6.54 Å². The van der Waals surface area contributed by atoms with Gasteiger partial charge in [-0.15, -0.1) is 0 Å². The predicted molar refractivity (Wildman–Crippen MR) is 42.7 cm³/mol. The first-order valence-electron chi connectivity index (χ1n) is 4.03. The lowest BCUT2D eigenvalue weighted by Crippen LogP contribution is -2.24. The van der Waals surface area contributed by atoms with Crippen molar-refractivity contribution in [2.45, 2.75) is 12.8 Å². The van der Waals surface area contributed by atoms with Gasteiger partial charge in [0.25, 0.3) is 0 Å². The summed E-state index contributed by atoms with van der Waals surface area (Å²) in [5.74, 6) is 0.0502. The van der Waals surface area contributed by atoms with E-state index in [1.54, 1.807) is 0 Å². The number of Topliss-reactive ketones (excluding diaryl/α,β-unsaturated/α-hetero) is 1. The van der Waals surface area contributed by atoms with Crippen LogP contribution in [0.4, 0.5) is 0 Å². The highest BCUT2D eigenvalue weighted by Crippen LogP contribution is 2.04. The standard InChI is InChI=1S/C8H13NO3/c1-12-8(11)3-5-9-4-2-7(10)6-9/h2-6H2,1H3. The van der Waals surface area contributed by atoms with Crippen molar-refractivity contribution >= 4 is 11.8 Å². The molecule has 1 aliphatic rings. The molecule has 0 bridgehead atoms. The number of ether oxygens (including phenoxy) is 1. The van der Waals surface area contributed by atoms with E-state index >= 15 is 0 Å². The molecule has 0 aliphatic carbocycles. The Bertz CT molecular complexity index is 191. The molecule has 0 radical (unpaired) electrons. The van der Waals surface area contributed by atoms with E-state index in [1.165, 1.54) is 7.11 Å². The quantitative estimate of drug-likeness (QED) is 0.553. The van der Waals surface area contributed by atoms with Gasteiger partial charge in [0.1, 0.15) is 5.78 Å². The van der Waals surface area contributed by atoms with Crippen LogP contribution in [0.5, 0.6) is 0 Å². The van der Waals surface area contributed by atoms with Gasteiger partial charge in [-0.1, -0.05) is 0 Å². The second kappa shape index (κ2) is 4.21. The van der Waals surface area contributed by atoms with Crippen molar-refractivity contribution < 1.29 is 14.3 Å². The topological polar surface area (TPSA) is 46.6 Å². The molecule has 0 aromatic heterocycles. The average Bonchev–Trinajstić information content (AvgIpc) is 2.47. The van der Waals surface area contributed by atoms with Gasteiger partial charge in [-0.25, -0.2) is 0 Å². The Labute approximate surface area is 71.5 Å². The van der Waals surface area contributed by atoms with E-state index in [-0.39, 0.29) is 11.8 Å². The highest BCUT2D eigenvalue weighted by molar-refractivity contribution is 5.82. The van der Waals surface area contributed by atoms with Crippen molar-refractivity contribution in [2.75, 3.05) is 26.7 Å². The fraction of sp³-hybridized carbons (Fsp3) is 0.750. The molecular weight excluding hydrogens is 158 g/mol. The summed E-state index contributed by atoms with van der Waals surface area (Å²) >= 11 is 0. The van der Waals surface area contributed by atoms with E-state index in [4.69, 9.17) is 0 Å². The van der Waals surface area contributed by atoms with Crippen molar-refractivity contribution in [1.82, 2.24) is 4.90 Å². The van der Waals surface area contributed by atoms with Crippen LogP contribution in [0.15, 0.2) is 0 Å². The van der Waals surface area contributed by atoms with Crippen LogP contribution in [0.25, 0.3) is 0 Å². The number of methoxy groups -OCH3 is 1. The molecule has 0 saturated carbocycles. The Hall–Kier alpha value is -0.900. The van der Waals surface area contributed by atoms with Gasteiger partial charge in [-0.3, -0.25) is 14.5 Å². The fourth-order valence-electron chi connectivity index (χ4n) is 1.23. The molecule has 0 N–H and O–H groups in total. The summed E-state index contributed by atoms with van der Waals surface area (Å²) in [5, 5.41) is 0. The number of carbonyl (C=O) groups is 2. The van der Waals surface area contributed by atoms with Crippen LogP contribution < -0.4 is 0 Å². The first-order chi connectivity index (χ1) is 5.72.